The third-order valence-electron chi connectivity index (χ3n) is 2.92. The molecule has 1 radical (unpaired) electrons. The zero-order valence-corrected chi connectivity index (χ0v) is 9.96. The van der Waals surface area contributed by atoms with Crippen LogP contribution in [0, 0.1) is 24.0 Å². The number of anilines is 1. The molecule has 0 atom stereocenters. The zero-order chi connectivity index (χ0) is 14.3. The van der Waals surface area contributed by atoms with E-state index in [2.05, 4.69) is 5.92 Å². The van der Waals surface area contributed by atoms with E-state index in [-0.39, 0.29) is 22.0 Å². The zero-order valence-electron chi connectivity index (χ0n) is 9.96. The van der Waals surface area contributed by atoms with Crippen LogP contribution in [0.3, 0.4) is 0 Å². The van der Waals surface area contributed by atoms with Crippen LogP contribution in [0.1, 0.15) is 5.56 Å². The van der Waals surface area contributed by atoms with Gasteiger partial charge < -0.3 is 15.9 Å². The third kappa shape index (κ3) is 1.66. The smallest absolute Gasteiger partial charge is 0.189 e. The van der Waals surface area contributed by atoms with Gasteiger partial charge in [0, 0.05) is 5.39 Å². The molecule has 2 aromatic carbocycles. The quantitative estimate of drug-likeness (QED) is 0.315. The Labute approximate surface area is 108 Å². The molecule has 0 aromatic heterocycles. The van der Waals surface area contributed by atoms with Gasteiger partial charge in [-0.05, 0) is 6.07 Å². The molecule has 0 amide bonds. The summed E-state index contributed by atoms with van der Waals surface area (Å²) in [5, 5.41) is 18.8. The number of benzene rings is 2. The molecule has 0 spiro atoms. The molecule has 0 bridgehead atoms. The summed E-state index contributed by atoms with van der Waals surface area (Å²) in [4.78, 5) is 0. The van der Waals surface area contributed by atoms with Crippen molar-refractivity contribution in [3.63, 3.8) is 0 Å². The summed E-state index contributed by atoms with van der Waals surface area (Å²) < 4.78 is 27.7. The number of rotatable bonds is 1. The summed E-state index contributed by atoms with van der Waals surface area (Å²) in [6, 6.07) is 1.36. The molecule has 0 aliphatic carbocycles. The second-order valence-electron chi connectivity index (χ2n) is 3.94. The molecule has 2 aromatic rings. The molecule has 4 N–H and O–H groups in total. The fourth-order valence-electron chi connectivity index (χ4n) is 2.00. The molecular formula is C13H9BF2NO2. The first kappa shape index (κ1) is 13.0. The Kier molecular flexibility index (Phi) is 2.99. The van der Waals surface area contributed by atoms with E-state index in [0.29, 0.717) is 5.46 Å². The van der Waals surface area contributed by atoms with E-state index >= 15 is 0 Å². The van der Waals surface area contributed by atoms with Crippen molar-refractivity contribution < 1.29 is 19.0 Å². The number of aromatic hydroxyl groups is 2. The largest absolute Gasteiger partial charge is 0.505 e. The van der Waals surface area contributed by atoms with E-state index in [0.717, 1.165) is 0 Å². The van der Waals surface area contributed by atoms with E-state index in [9.17, 15) is 19.0 Å². The summed E-state index contributed by atoms with van der Waals surface area (Å²) in [7, 11) is 1.55. The lowest BCUT2D eigenvalue weighted by Gasteiger charge is -2.14. The van der Waals surface area contributed by atoms with Crippen molar-refractivity contribution in [3.05, 3.63) is 23.3 Å². The Morgan fingerprint density at radius 1 is 1.21 bits per heavy atom. The van der Waals surface area contributed by atoms with Gasteiger partial charge in [-0.25, -0.2) is 8.78 Å². The van der Waals surface area contributed by atoms with Gasteiger partial charge in [0.2, 0.25) is 0 Å². The van der Waals surface area contributed by atoms with Gasteiger partial charge in [-0.3, -0.25) is 0 Å². The fraction of sp³-hybridized carbons (Fsp3) is 0.0769. The van der Waals surface area contributed by atoms with Crippen molar-refractivity contribution >= 4 is 29.2 Å². The maximum Gasteiger partial charge on any atom is 0.189 e. The predicted octanol–water partition coefficient (Wildman–Crippen LogP) is 1.47. The van der Waals surface area contributed by atoms with Crippen LogP contribution in [0.5, 0.6) is 11.5 Å². The molecule has 3 nitrogen and oxygen atoms in total. The Morgan fingerprint density at radius 2 is 1.84 bits per heavy atom. The van der Waals surface area contributed by atoms with Gasteiger partial charge >= 0.3 is 0 Å². The number of phenolic OH excluding ortho intramolecular Hbond substituents is 2. The Bertz CT molecular complexity index is 738. The lowest BCUT2D eigenvalue weighted by Crippen LogP contribution is -2.16. The number of hydrogen-bond acceptors (Lipinski definition) is 3. The van der Waals surface area contributed by atoms with E-state index in [1.54, 1.807) is 14.1 Å². The summed E-state index contributed by atoms with van der Waals surface area (Å²) in [5.74, 6) is -2.29. The van der Waals surface area contributed by atoms with E-state index in [1.165, 1.54) is 6.07 Å². The van der Waals surface area contributed by atoms with Gasteiger partial charge in [0.15, 0.2) is 17.4 Å². The van der Waals surface area contributed by atoms with Gasteiger partial charge in [0.1, 0.15) is 13.0 Å². The normalized spacial score (nSPS) is 10.4. The van der Waals surface area contributed by atoms with E-state index < -0.39 is 23.1 Å². The van der Waals surface area contributed by atoms with E-state index in [1.807, 2.05) is 0 Å². The predicted molar refractivity (Wildman–Crippen MR) is 70.8 cm³/mol. The minimum Gasteiger partial charge on any atom is -0.505 e. The highest BCUT2D eigenvalue weighted by atomic mass is 19.1. The summed E-state index contributed by atoms with van der Waals surface area (Å²) >= 11 is 0. The van der Waals surface area contributed by atoms with Crippen LogP contribution in [0.15, 0.2) is 6.07 Å². The average Bonchev–Trinajstić information content (AvgIpc) is 2.40. The highest BCUT2D eigenvalue weighted by molar-refractivity contribution is 6.56. The molecule has 6 heteroatoms. The number of nitrogens with two attached hydrogens (primary N) is 1. The number of hydrogen-bond donors (Lipinski definition) is 3. The Hall–Kier alpha value is -2.42. The minimum atomic E-state index is -1.29. The number of terminal acetylenes is 1. The number of fused-ring (bicyclic) bond motifs is 1. The number of halogens is 2. The molecule has 0 heterocycles. The van der Waals surface area contributed by atoms with Crippen LogP contribution < -0.4 is 11.2 Å². The van der Waals surface area contributed by atoms with Crippen LogP contribution in [0.2, 0.25) is 6.82 Å². The van der Waals surface area contributed by atoms with Gasteiger partial charge in [0.25, 0.3) is 0 Å². The van der Waals surface area contributed by atoms with Crippen molar-refractivity contribution in [1.82, 2.24) is 0 Å². The van der Waals surface area contributed by atoms with E-state index in [4.69, 9.17) is 12.2 Å². The van der Waals surface area contributed by atoms with Crippen LogP contribution in [-0.2, 0) is 0 Å². The number of phenols is 2. The Balaban J connectivity index is 3.20. The van der Waals surface area contributed by atoms with Gasteiger partial charge in [0.05, 0.1) is 16.6 Å². The molecule has 95 valence electrons. The molecule has 0 aliphatic rings. The maximum absolute atomic E-state index is 13.9. The molecule has 0 saturated carbocycles. The molecule has 19 heavy (non-hydrogen) atoms. The lowest BCUT2D eigenvalue weighted by atomic mass is 9.70. The molecule has 0 unspecified atom stereocenters. The fourth-order valence-corrected chi connectivity index (χ4v) is 2.00. The lowest BCUT2D eigenvalue weighted by molar-refractivity contribution is 0.397. The van der Waals surface area contributed by atoms with Crippen molar-refractivity contribution in [2.75, 3.05) is 5.73 Å². The van der Waals surface area contributed by atoms with Crippen LogP contribution >= 0.6 is 0 Å². The summed E-state index contributed by atoms with van der Waals surface area (Å²) in [6.07, 6.45) is 5.20. The third-order valence-corrected chi connectivity index (χ3v) is 2.92. The molecule has 2 rings (SSSR count). The Morgan fingerprint density at radius 3 is 2.37 bits per heavy atom. The number of nitrogen functional groups attached to an aromatic ring is 1. The summed E-state index contributed by atoms with van der Waals surface area (Å²) in [6.45, 7) is 1.63. The highest BCUT2D eigenvalue weighted by Crippen LogP contribution is 2.38. The van der Waals surface area contributed by atoms with Crippen molar-refractivity contribution in [3.8, 4) is 23.8 Å². The van der Waals surface area contributed by atoms with Gasteiger partial charge in [-0.15, -0.1) is 6.42 Å². The monoisotopic (exact) mass is 260 g/mol. The van der Waals surface area contributed by atoms with Crippen LogP contribution in [0.25, 0.3) is 10.8 Å². The molecular weight excluding hydrogens is 251 g/mol. The molecule has 0 aliphatic heterocycles. The van der Waals surface area contributed by atoms with Gasteiger partial charge in [-0.2, -0.15) is 0 Å². The molecule has 0 fully saturated rings. The van der Waals surface area contributed by atoms with Crippen molar-refractivity contribution in [2.24, 2.45) is 0 Å². The SMILES string of the molecule is C#Cc1c(F)c(O)c(F)c2c(O)c(N)cc([B]C)c12. The standard InChI is InChI=1S/C13H9BF2NO2/c1-3-5-8-6(14-2)4-7(17)12(18)9(8)11(16)13(19)10(5)15/h1,4,18-19H,17H2,2H3. The van der Waals surface area contributed by atoms with Crippen LogP contribution in [0.4, 0.5) is 14.5 Å². The highest BCUT2D eigenvalue weighted by Gasteiger charge is 2.23. The maximum atomic E-state index is 13.9. The first-order valence-corrected chi connectivity index (χ1v) is 5.35. The second-order valence-corrected chi connectivity index (χ2v) is 3.94. The molecule has 0 saturated heterocycles. The second kappa shape index (κ2) is 4.36. The minimum absolute atomic E-state index is 0.00417. The van der Waals surface area contributed by atoms with Gasteiger partial charge in [-0.1, -0.05) is 18.2 Å². The van der Waals surface area contributed by atoms with Crippen LogP contribution in [-0.4, -0.2) is 17.5 Å². The van der Waals surface area contributed by atoms with Crippen molar-refractivity contribution in [2.45, 2.75) is 6.82 Å². The first-order valence-electron chi connectivity index (χ1n) is 5.35. The first-order chi connectivity index (χ1) is 8.93. The topological polar surface area (TPSA) is 66.5 Å². The average molecular weight is 260 g/mol. The summed E-state index contributed by atoms with van der Waals surface area (Å²) in [5.41, 5.74) is 5.51. The van der Waals surface area contributed by atoms with Crippen molar-refractivity contribution in [1.29, 1.82) is 0 Å².